The van der Waals surface area contributed by atoms with E-state index in [4.69, 9.17) is 16.1 Å². The van der Waals surface area contributed by atoms with Gasteiger partial charge in [-0.25, -0.2) is 0 Å². The summed E-state index contributed by atoms with van der Waals surface area (Å²) in [6, 6.07) is 15.8. The Morgan fingerprint density at radius 3 is 2.74 bits per heavy atom. The van der Waals surface area contributed by atoms with Crippen LogP contribution >= 0.6 is 27.5 Å². The van der Waals surface area contributed by atoms with Crippen molar-refractivity contribution in [3.63, 3.8) is 0 Å². The number of aromatic nitrogens is 2. The van der Waals surface area contributed by atoms with E-state index in [1.165, 1.54) is 5.39 Å². The van der Waals surface area contributed by atoms with Gasteiger partial charge in [0.2, 0.25) is 0 Å². The van der Waals surface area contributed by atoms with Gasteiger partial charge in [0, 0.05) is 44.6 Å². The molecule has 5 heteroatoms. The molecule has 0 bridgehead atoms. The van der Waals surface area contributed by atoms with Crippen LogP contribution in [0.25, 0.3) is 22.2 Å². The predicted molar refractivity (Wildman–Crippen MR) is 95.8 cm³/mol. The van der Waals surface area contributed by atoms with Crippen LogP contribution in [0.4, 0.5) is 0 Å². The Kier molecular flexibility index (Phi) is 3.71. The largest absolute Gasteiger partial charge is 0.361 e. The number of rotatable bonds is 3. The Bertz CT molecular complexity index is 972. The molecule has 3 nitrogen and oxygen atoms in total. The van der Waals surface area contributed by atoms with Crippen molar-refractivity contribution >= 4 is 38.4 Å². The molecule has 2 aromatic carbocycles. The number of nitrogens with one attached hydrogen (secondary N) is 1. The van der Waals surface area contributed by atoms with Gasteiger partial charge < -0.3 is 9.51 Å². The lowest BCUT2D eigenvalue weighted by molar-refractivity contribution is 0.392. The number of H-pyrrole nitrogens is 1. The molecule has 2 aromatic heterocycles. The zero-order valence-electron chi connectivity index (χ0n) is 12.0. The van der Waals surface area contributed by atoms with Crippen LogP contribution in [-0.2, 0) is 6.42 Å². The second-order valence-electron chi connectivity index (χ2n) is 5.37. The molecule has 0 radical (unpaired) electrons. The van der Waals surface area contributed by atoms with Gasteiger partial charge in [0.15, 0.2) is 0 Å². The Morgan fingerprint density at radius 2 is 1.91 bits per heavy atom. The summed E-state index contributed by atoms with van der Waals surface area (Å²) in [7, 11) is 0. The first kappa shape index (κ1) is 14.5. The number of halogens is 2. The molecule has 4 aromatic rings. The van der Waals surface area contributed by atoms with Crippen molar-refractivity contribution in [2.45, 2.75) is 6.42 Å². The van der Waals surface area contributed by atoms with E-state index in [0.29, 0.717) is 11.4 Å². The normalized spacial score (nSPS) is 11.2. The van der Waals surface area contributed by atoms with Gasteiger partial charge in [-0.3, -0.25) is 0 Å². The molecular formula is C18H12BrClN2O. The topological polar surface area (TPSA) is 41.8 Å². The van der Waals surface area contributed by atoms with Gasteiger partial charge in [-0.2, -0.15) is 0 Å². The molecule has 114 valence electrons. The highest BCUT2D eigenvalue weighted by atomic mass is 79.9. The van der Waals surface area contributed by atoms with Crippen molar-refractivity contribution in [2.75, 3.05) is 0 Å². The van der Waals surface area contributed by atoms with Crippen LogP contribution in [0.5, 0.6) is 0 Å². The van der Waals surface area contributed by atoms with E-state index in [1.54, 1.807) is 0 Å². The molecular weight excluding hydrogens is 376 g/mol. The summed E-state index contributed by atoms with van der Waals surface area (Å²) in [6.07, 6.45) is 2.62. The second-order valence-corrected chi connectivity index (χ2v) is 6.72. The highest BCUT2D eigenvalue weighted by molar-refractivity contribution is 9.10. The molecule has 2 heterocycles. The minimum Gasteiger partial charge on any atom is -0.361 e. The van der Waals surface area contributed by atoms with Crippen molar-refractivity contribution in [3.8, 4) is 11.3 Å². The van der Waals surface area contributed by atoms with Gasteiger partial charge in [-0.1, -0.05) is 44.8 Å². The fraction of sp³-hybridized carbons (Fsp3) is 0.0556. The SMILES string of the molecule is Clc1ccc(-c2cc(Cc3cc(Br)cc4cc[nH]c34)on2)cc1. The maximum Gasteiger partial charge on any atom is 0.141 e. The highest BCUT2D eigenvalue weighted by Crippen LogP contribution is 2.27. The van der Waals surface area contributed by atoms with E-state index in [2.05, 4.69) is 44.3 Å². The first-order valence-electron chi connectivity index (χ1n) is 7.16. The average molecular weight is 388 g/mol. The number of benzene rings is 2. The highest BCUT2D eigenvalue weighted by Gasteiger charge is 2.11. The zero-order valence-corrected chi connectivity index (χ0v) is 14.4. The number of hydrogen-bond donors (Lipinski definition) is 1. The number of aromatic amines is 1. The van der Waals surface area contributed by atoms with Crippen molar-refractivity contribution in [1.29, 1.82) is 0 Å². The predicted octanol–water partition coefficient (Wildman–Crippen LogP) is 5.83. The fourth-order valence-electron chi connectivity index (χ4n) is 2.69. The van der Waals surface area contributed by atoms with Crippen molar-refractivity contribution in [2.24, 2.45) is 0 Å². The van der Waals surface area contributed by atoms with Crippen LogP contribution in [0.2, 0.25) is 5.02 Å². The van der Waals surface area contributed by atoms with Crippen LogP contribution in [0, 0.1) is 0 Å². The molecule has 0 spiro atoms. The lowest BCUT2D eigenvalue weighted by Crippen LogP contribution is -1.88. The molecule has 0 aliphatic heterocycles. The molecule has 0 aliphatic carbocycles. The van der Waals surface area contributed by atoms with E-state index in [9.17, 15) is 0 Å². The molecule has 0 unspecified atom stereocenters. The molecule has 0 amide bonds. The van der Waals surface area contributed by atoms with Crippen LogP contribution < -0.4 is 0 Å². The maximum atomic E-state index is 5.92. The summed E-state index contributed by atoms with van der Waals surface area (Å²) in [6.45, 7) is 0. The monoisotopic (exact) mass is 386 g/mol. The summed E-state index contributed by atoms with van der Waals surface area (Å²) in [5, 5.41) is 6.04. The standard InChI is InChI=1S/C18H12BrClN2O/c19-14-7-12-5-6-21-18(12)13(8-14)9-16-10-17(22-23-16)11-1-3-15(20)4-2-11/h1-8,10,21H,9H2. The Labute approximate surface area is 146 Å². The fourth-order valence-corrected chi connectivity index (χ4v) is 3.34. The summed E-state index contributed by atoms with van der Waals surface area (Å²) in [5.41, 5.74) is 4.09. The zero-order chi connectivity index (χ0) is 15.8. The molecule has 0 saturated heterocycles. The van der Waals surface area contributed by atoms with E-state index in [0.717, 1.165) is 32.6 Å². The quantitative estimate of drug-likeness (QED) is 0.480. The van der Waals surface area contributed by atoms with E-state index in [-0.39, 0.29) is 0 Å². The molecule has 1 N–H and O–H groups in total. The lowest BCUT2D eigenvalue weighted by atomic mass is 10.1. The Balaban J connectivity index is 1.67. The molecule has 0 fully saturated rings. The average Bonchev–Trinajstić information content (AvgIpc) is 3.17. The van der Waals surface area contributed by atoms with E-state index < -0.39 is 0 Å². The molecule has 0 aliphatic rings. The van der Waals surface area contributed by atoms with Crippen LogP contribution in [0.1, 0.15) is 11.3 Å². The van der Waals surface area contributed by atoms with Crippen molar-refractivity contribution in [1.82, 2.24) is 10.1 Å². The first-order valence-corrected chi connectivity index (χ1v) is 8.33. The molecule has 0 atom stereocenters. The minimum absolute atomic E-state index is 0.678. The van der Waals surface area contributed by atoms with Gasteiger partial charge in [-0.05, 0) is 35.9 Å². The van der Waals surface area contributed by atoms with Crippen LogP contribution in [-0.4, -0.2) is 10.1 Å². The maximum absolute atomic E-state index is 5.92. The molecule has 0 saturated carbocycles. The van der Waals surface area contributed by atoms with Crippen molar-refractivity contribution in [3.05, 3.63) is 75.5 Å². The summed E-state index contributed by atoms with van der Waals surface area (Å²) < 4.78 is 6.56. The van der Waals surface area contributed by atoms with Gasteiger partial charge in [0.1, 0.15) is 11.5 Å². The first-order chi connectivity index (χ1) is 11.2. The Hall–Kier alpha value is -2.04. The summed E-state index contributed by atoms with van der Waals surface area (Å²) >= 11 is 9.48. The second kappa shape index (κ2) is 5.87. The van der Waals surface area contributed by atoms with Gasteiger partial charge in [-0.15, -0.1) is 0 Å². The van der Waals surface area contributed by atoms with E-state index in [1.807, 2.05) is 36.5 Å². The van der Waals surface area contributed by atoms with E-state index >= 15 is 0 Å². The number of hydrogen-bond acceptors (Lipinski definition) is 2. The number of fused-ring (bicyclic) bond motifs is 1. The van der Waals surface area contributed by atoms with Crippen molar-refractivity contribution < 1.29 is 4.52 Å². The van der Waals surface area contributed by atoms with Gasteiger partial charge in [0.25, 0.3) is 0 Å². The van der Waals surface area contributed by atoms with Crippen LogP contribution in [0.15, 0.2) is 63.7 Å². The smallest absolute Gasteiger partial charge is 0.141 e. The lowest BCUT2D eigenvalue weighted by Gasteiger charge is -2.02. The third-order valence-corrected chi connectivity index (χ3v) is 4.48. The van der Waals surface area contributed by atoms with Gasteiger partial charge >= 0.3 is 0 Å². The third-order valence-electron chi connectivity index (χ3n) is 3.77. The summed E-state index contributed by atoms with van der Waals surface area (Å²) in [4.78, 5) is 3.28. The number of nitrogens with zero attached hydrogens (tertiary/aromatic N) is 1. The Morgan fingerprint density at radius 1 is 1.09 bits per heavy atom. The molecule has 4 rings (SSSR count). The van der Waals surface area contributed by atoms with Crippen LogP contribution in [0.3, 0.4) is 0 Å². The minimum atomic E-state index is 0.678. The van der Waals surface area contributed by atoms with Gasteiger partial charge in [0.05, 0.1) is 0 Å². The molecule has 23 heavy (non-hydrogen) atoms. The third kappa shape index (κ3) is 2.92. The summed E-state index contributed by atoms with van der Waals surface area (Å²) in [5.74, 6) is 0.823.